The van der Waals surface area contributed by atoms with E-state index >= 15 is 0 Å². The first-order valence-corrected chi connectivity index (χ1v) is 8.52. The fourth-order valence-electron chi connectivity index (χ4n) is 2.89. The number of imidazole rings is 1. The van der Waals surface area contributed by atoms with E-state index in [-0.39, 0.29) is 11.9 Å². The molecule has 2 aromatic heterocycles. The number of carbonyl (C=O) groups is 1. The fourth-order valence-corrected chi connectivity index (χ4v) is 3.58. The minimum atomic E-state index is 0.0107. The number of nitrogens with zero attached hydrogens (tertiary/aromatic N) is 3. The van der Waals surface area contributed by atoms with Crippen LogP contribution in [0.4, 0.5) is 0 Å². The van der Waals surface area contributed by atoms with Gasteiger partial charge in [0.15, 0.2) is 0 Å². The first kappa shape index (κ1) is 15.2. The summed E-state index contributed by atoms with van der Waals surface area (Å²) in [7, 11) is 0. The Morgan fingerprint density at radius 2 is 2.36 bits per heavy atom. The molecule has 2 aromatic rings. The molecule has 0 saturated heterocycles. The van der Waals surface area contributed by atoms with Crippen molar-refractivity contribution in [3.63, 3.8) is 0 Å². The Morgan fingerprint density at radius 3 is 3.09 bits per heavy atom. The Morgan fingerprint density at radius 1 is 1.50 bits per heavy atom. The van der Waals surface area contributed by atoms with Gasteiger partial charge < -0.3 is 14.2 Å². The molecule has 0 saturated carbocycles. The standard InChI is InChI=1S/C16H21N3O2S/c1-3-21-11-13-10-17-16-12(2)18(6-7-19(13)16)15(20)9-14-5-4-8-22-14/h4-5,8,10,12H,3,6-7,9,11H2,1-2H3/t12-/m1/s1. The van der Waals surface area contributed by atoms with Crippen molar-refractivity contribution < 1.29 is 9.53 Å². The highest BCUT2D eigenvalue weighted by molar-refractivity contribution is 7.10. The van der Waals surface area contributed by atoms with Crippen LogP contribution in [0.15, 0.2) is 23.7 Å². The van der Waals surface area contributed by atoms with Crippen LogP contribution in [0.2, 0.25) is 0 Å². The summed E-state index contributed by atoms with van der Waals surface area (Å²) >= 11 is 1.63. The van der Waals surface area contributed by atoms with Gasteiger partial charge in [-0.25, -0.2) is 4.98 Å². The molecule has 1 amide bonds. The number of amides is 1. The van der Waals surface area contributed by atoms with Crippen LogP contribution in [-0.4, -0.2) is 33.5 Å². The maximum absolute atomic E-state index is 12.5. The zero-order valence-electron chi connectivity index (χ0n) is 13.0. The summed E-state index contributed by atoms with van der Waals surface area (Å²) in [6.07, 6.45) is 2.35. The number of thiophene rings is 1. The van der Waals surface area contributed by atoms with E-state index < -0.39 is 0 Å². The normalized spacial score (nSPS) is 17.5. The number of rotatable bonds is 5. The highest BCUT2D eigenvalue weighted by Crippen LogP contribution is 2.26. The fraction of sp³-hybridized carbons (Fsp3) is 0.500. The van der Waals surface area contributed by atoms with Crippen LogP contribution in [0.1, 0.15) is 36.3 Å². The van der Waals surface area contributed by atoms with Crippen molar-refractivity contribution in [3.05, 3.63) is 40.1 Å². The zero-order chi connectivity index (χ0) is 15.5. The lowest BCUT2D eigenvalue weighted by Gasteiger charge is -2.34. The quantitative estimate of drug-likeness (QED) is 0.851. The zero-order valence-corrected chi connectivity index (χ0v) is 13.8. The average molecular weight is 319 g/mol. The molecule has 1 aliphatic heterocycles. The molecule has 0 fully saturated rings. The molecular weight excluding hydrogens is 298 g/mol. The number of aromatic nitrogens is 2. The van der Waals surface area contributed by atoms with Crippen LogP contribution < -0.4 is 0 Å². The number of carbonyl (C=O) groups excluding carboxylic acids is 1. The predicted octanol–water partition coefficient (Wildman–Crippen LogP) is 2.63. The summed E-state index contributed by atoms with van der Waals surface area (Å²) < 4.78 is 7.67. The van der Waals surface area contributed by atoms with Crippen LogP contribution in [0, 0.1) is 0 Å². The summed E-state index contributed by atoms with van der Waals surface area (Å²) in [6.45, 7) is 6.84. The molecule has 1 atom stereocenters. The molecular formula is C16H21N3O2S. The Kier molecular flexibility index (Phi) is 4.59. The van der Waals surface area contributed by atoms with Gasteiger partial charge in [-0.1, -0.05) is 6.07 Å². The Labute approximate surface area is 134 Å². The van der Waals surface area contributed by atoms with Crippen molar-refractivity contribution in [2.75, 3.05) is 13.2 Å². The summed E-state index contributed by atoms with van der Waals surface area (Å²) in [6, 6.07) is 4.01. The smallest absolute Gasteiger partial charge is 0.228 e. The molecule has 22 heavy (non-hydrogen) atoms. The monoisotopic (exact) mass is 319 g/mol. The molecule has 0 unspecified atom stereocenters. The van der Waals surface area contributed by atoms with E-state index in [1.54, 1.807) is 11.3 Å². The van der Waals surface area contributed by atoms with Crippen LogP contribution >= 0.6 is 11.3 Å². The van der Waals surface area contributed by atoms with Gasteiger partial charge in [-0.3, -0.25) is 4.79 Å². The molecule has 0 aromatic carbocycles. The largest absolute Gasteiger partial charge is 0.375 e. The van der Waals surface area contributed by atoms with E-state index in [2.05, 4.69) is 16.5 Å². The average Bonchev–Trinajstić information content (AvgIpc) is 3.15. The lowest BCUT2D eigenvalue weighted by atomic mass is 10.2. The van der Waals surface area contributed by atoms with E-state index in [1.165, 1.54) is 0 Å². The van der Waals surface area contributed by atoms with Crippen molar-refractivity contribution in [1.82, 2.24) is 14.5 Å². The van der Waals surface area contributed by atoms with E-state index in [4.69, 9.17) is 4.74 Å². The highest BCUT2D eigenvalue weighted by atomic mass is 32.1. The molecule has 6 heteroatoms. The van der Waals surface area contributed by atoms with Crippen molar-refractivity contribution >= 4 is 17.2 Å². The van der Waals surface area contributed by atoms with Crippen LogP contribution in [-0.2, 0) is 29.1 Å². The second kappa shape index (κ2) is 6.62. The van der Waals surface area contributed by atoms with Crippen LogP contribution in [0.25, 0.3) is 0 Å². The van der Waals surface area contributed by atoms with Gasteiger partial charge in [0.05, 0.1) is 31.0 Å². The molecule has 0 bridgehead atoms. The maximum Gasteiger partial charge on any atom is 0.228 e. The summed E-state index contributed by atoms with van der Waals surface area (Å²) in [5.41, 5.74) is 1.09. The Bertz CT molecular complexity index is 636. The van der Waals surface area contributed by atoms with Gasteiger partial charge in [-0.2, -0.15) is 0 Å². The first-order chi connectivity index (χ1) is 10.7. The minimum absolute atomic E-state index is 0.0107. The molecule has 0 radical (unpaired) electrons. The molecule has 3 heterocycles. The van der Waals surface area contributed by atoms with Gasteiger partial charge >= 0.3 is 0 Å². The molecule has 0 N–H and O–H groups in total. The molecule has 0 aliphatic carbocycles. The third-order valence-electron chi connectivity index (χ3n) is 4.05. The molecule has 3 rings (SSSR count). The van der Waals surface area contributed by atoms with E-state index in [0.29, 0.717) is 19.6 Å². The molecule has 5 nitrogen and oxygen atoms in total. The van der Waals surface area contributed by atoms with E-state index in [0.717, 1.165) is 29.5 Å². The van der Waals surface area contributed by atoms with Gasteiger partial charge in [-0.15, -0.1) is 11.3 Å². The number of fused-ring (bicyclic) bond motifs is 1. The minimum Gasteiger partial charge on any atom is -0.375 e. The van der Waals surface area contributed by atoms with Gasteiger partial charge in [-0.05, 0) is 25.3 Å². The lowest BCUT2D eigenvalue weighted by molar-refractivity contribution is -0.133. The first-order valence-electron chi connectivity index (χ1n) is 7.64. The predicted molar refractivity (Wildman–Crippen MR) is 85.7 cm³/mol. The Hall–Kier alpha value is -1.66. The van der Waals surface area contributed by atoms with Crippen molar-refractivity contribution in [2.45, 2.75) is 39.5 Å². The lowest BCUT2D eigenvalue weighted by Crippen LogP contribution is -2.42. The number of hydrogen-bond acceptors (Lipinski definition) is 4. The third kappa shape index (κ3) is 2.94. The highest BCUT2D eigenvalue weighted by Gasteiger charge is 2.30. The van der Waals surface area contributed by atoms with Crippen LogP contribution in [0.5, 0.6) is 0 Å². The summed E-state index contributed by atoms with van der Waals surface area (Å²) in [5, 5.41) is 2.01. The number of hydrogen-bond donors (Lipinski definition) is 0. The second-order valence-corrected chi connectivity index (χ2v) is 6.45. The third-order valence-corrected chi connectivity index (χ3v) is 4.93. The SMILES string of the molecule is CCOCc1cnc2n1CCN(C(=O)Cc1cccs1)[C@@H]2C. The van der Waals surface area contributed by atoms with Gasteiger partial charge in [0, 0.05) is 24.6 Å². The number of ether oxygens (including phenoxy) is 1. The van der Waals surface area contributed by atoms with E-state index in [1.807, 2.05) is 35.5 Å². The second-order valence-electron chi connectivity index (χ2n) is 5.42. The van der Waals surface area contributed by atoms with Crippen molar-refractivity contribution in [3.8, 4) is 0 Å². The maximum atomic E-state index is 12.5. The molecule has 1 aliphatic rings. The van der Waals surface area contributed by atoms with Crippen molar-refractivity contribution in [2.24, 2.45) is 0 Å². The molecule has 0 spiro atoms. The molecule has 118 valence electrons. The van der Waals surface area contributed by atoms with Gasteiger partial charge in [0.25, 0.3) is 0 Å². The van der Waals surface area contributed by atoms with Gasteiger partial charge in [0.2, 0.25) is 5.91 Å². The summed E-state index contributed by atoms with van der Waals surface area (Å²) in [5.74, 6) is 1.14. The topological polar surface area (TPSA) is 47.4 Å². The van der Waals surface area contributed by atoms with Crippen LogP contribution in [0.3, 0.4) is 0 Å². The van der Waals surface area contributed by atoms with E-state index in [9.17, 15) is 4.79 Å². The summed E-state index contributed by atoms with van der Waals surface area (Å²) in [4.78, 5) is 20.1. The Balaban J connectivity index is 1.72. The van der Waals surface area contributed by atoms with Gasteiger partial charge in [0.1, 0.15) is 5.82 Å². The van der Waals surface area contributed by atoms with Crippen molar-refractivity contribution in [1.29, 1.82) is 0 Å².